The molecule has 0 saturated heterocycles. The first-order valence-electron chi connectivity index (χ1n) is 17.0. The third-order valence-corrected chi connectivity index (χ3v) is 11.2. The van der Waals surface area contributed by atoms with Crippen LogP contribution in [0.5, 0.6) is 0 Å². The normalized spacial score (nSPS) is 15.0. The van der Waals surface area contributed by atoms with Gasteiger partial charge in [0.2, 0.25) is 0 Å². The van der Waals surface area contributed by atoms with Gasteiger partial charge in [-0.05, 0) is 63.0 Å². The summed E-state index contributed by atoms with van der Waals surface area (Å²) in [5, 5.41) is 4.61. The van der Waals surface area contributed by atoms with Gasteiger partial charge in [-0.2, -0.15) is 0 Å². The molecule has 0 N–H and O–H groups in total. The van der Waals surface area contributed by atoms with Crippen LogP contribution in [0.4, 0.5) is 17.1 Å². The molecule has 0 fully saturated rings. The van der Waals surface area contributed by atoms with Crippen molar-refractivity contribution in [3.63, 3.8) is 0 Å². The van der Waals surface area contributed by atoms with Gasteiger partial charge in [-0.1, -0.05) is 143 Å². The number of anilines is 3. The Morgan fingerprint density at radius 3 is 1.58 bits per heavy atom. The number of furan rings is 1. The largest absolute Gasteiger partial charge is 0.456 e. The van der Waals surface area contributed by atoms with Crippen molar-refractivity contribution in [2.45, 2.75) is 38.5 Å². The Morgan fingerprint density at radius 1 is 0.458 bits per heavy atom. The van der Waals surface area contributed by atoms with Gasteiger partial charge >= 0.3 is 0 Å². The van der Waals surface area contributed by atoms with E-state index in [0.29, 0.717) is 0 Å². The van der Waals surface area contributed by atoms with Crippen LogP contribution in [-0.2, 0) is 10.8 Å². The Bertz CT molecular complexity index is 2530. The van der Waals surface area contributed by atoms with Crippen LogP contribution in [0.3, 0.4) is 0 Å². The third-order valence-electron chi connectivity index (χ3n) is 11.2. The molecule has 1 aromatic heterocycles. The molecule has 0 amide bonds. The molecule has 2 aliphatic carbocycles. The minimum absolute atomic E-state index is 0.128. The van der Waals surface area contributed by atoms with Gasteiger partial charge in [-0.3, -0.25) is 0 Å². The molecule has 10 rings (SSSR count). The van der Waals surface area contributed by atoms with Crippen LogP contribution in [0, 0.1) is 0 Å². The SMILES string of the molecule is CC1(C)c2ccccc2-c2c(N(c3cccc4c3-c3ccccc3C4(C)C)c3c4ccccc4cc4oc5ccccc5c34)cccc21. The van der Waals surface area contributed by atoms with Crippen LogP contribution in [0.1, 0.15) is 49.9 Å². The van der Waals surface area contributed by atoms with E-state index in [1.54, 1.807) is 0 Å². The number of rotatable bonds is 3. The van der Waals surface area contributed by atoms with Crippen molar-refractivity contribution < 1.29 is 4.42 Å². The van der Waals surface area contributed by atoms with Gasteiger partial charge in [0.15, 0.2) is 0 Å². The molecule has 0 aliphatic heterocycles. The van der Waals surface area contributed by atoms with Crippen molar-refractivity contribution in [2.24, 2.45) is 0 Å². The summed E-state index contributed by atoms with van der Waals surface area (Å²) in [5.41, 5.74) is 15.7. The van der Waals surface area contributed by atoms with E-state index in [4.69, 9.17) is 4.42 Å². The van der Waals surface area contributed by atoms with Gasteiger partial charge in [0.1, 0.15) is 11.2 Å². The van der Waals surface area contributed by atoms with E-state index in [-0.39, 0.29) is 10.8 Å². The second-order valence-corrected chi connectivity index (χ2v) is 14.5. The Morgan fingerprint density at radius 2 is 0.958 bits per heavy atom. The molecule has 1 heterocycles. The predicted molar refractivity (Wildman–Crippen MR) is 201 cm³/mol. The molecule has 0 radical (unpaired) electrons. The molecule has 2 aliphatic rings. The summed E-state index contributed by atoms with van der Waals surface area (Å²) < 4.78 is 6.66. The molecule has 7 aromatic carbocycles. The fourth-order valence-corrected chi connectivity index (χ4v) is 8.97. The highest BCUT2D eigenvalue weighted by atomic mass is 16.3. The van der Waals surface area contributed by atoms with E-state index in [1.807, 2.05) is 0 Å². The lowest BCUT2D eigenvalue weighted by Gasteiger charge is -2.32. The molecule has 48 heavy (non-hydrogen) atoms. The minimum Gasteiger partial charge on any atom is -0.456 e. The first-order chi connectivity index (χ1) is 23.4. The highest BCUT2D eigenvalue weighted by Gasteiger charge is 2.41. The molecule has 0 saturated carbocycles. The molecule has 0 unspecified atom stereocenters. The maximum atomic E-state index is 6.66. The van der Waals surface area contributed by atoms with Crippen LogP contribution < -0.4 is 4.90 Å². The zero-order valence-corrected chi connectivity index (χ0v) is 27.6. The van der Waals surface area contributed by atoms with E-state index in [9.17, 15) is 0 Å². The van der Waals surface area contributed by atoms with Crippen molar-refractivity contribution in [1.29, 1.82) is 0 Å². The summed E-state index contributed by atoms with van der Waals surface area (Å²) in [6, 6.07) is 51.3. The summed E-state index contributed by atoms with van der Waals surface area (Å²) in [4.78, 5) is 2.58. The van der Waals surface area contributed by atoms with Crippen molar-refractivity contribution in [2.75, 3.05) is 4.90 Å². The van der Waals surface area contributed by atoms with E-state index in [2.05, 4.69) is 172 Å². The van der Waals surface area contributed by atoms with E-state index >= 15 is 0 Å². The van der Waals surface area contributed by atoms with Gasteiger partial charge in [-0.25, -0.2) is 0 Å². The molecule has 230 valence electrons. The summed E-state index contributed by atoms with van der Waals surface area (Å²) >= 11 is 0. The van der Waals surface area contributed by atoms with Crippen molar-refractivity contribution >= 4 is 49.8 Å². The molecule has 2 nitrogen and oxygen atoms in total. The summed E-state index contributed by atoms with van der Waals surface area (Å²) in [7, 11) is 0. The lowest BCUT2D eigenvalue weighted by Crippen LogP contribution is -2.17. The first kappa shape index (κ1) is 27.5. The molecule has 2 heteroatoms. The molecule has 0 spiro atoms. The van der Waals surface area contributed by atoms with Crippen LogP contribution in [-0.4, -0.2) is 0 Å². The third kappa shape index (κ3) is 3.47. The summed E-state index contributed by atoms with van der Waals surface area (Å²) in [6.07, 6.45) is 0. The highest BCUT2D eigenvalue weighted by Crippen LogP contribution is 2.59. The summed E-state index contributed by atoms with van der Waals surface area (Å²) in [5.74, 6) is 0. The lowest BCUT2D eigenvalue weighted by molar-refractivity contribution is 0.660. The maximum Gasteiger partial charge on any atom is 0.138 e. The monoisotopic (exact) mass is 617 g/mol. The topological polar surface area (TPSA) is 16.4 Å². The fraction of sp³-hybridized carbons (Fsp3) is 0.130. The first-order valence-corrected chi connectivity index (χ1v) is 17.0. The van der Waals surface area contributed by atoms with Gasteiger partial charge in [-0.15, -0.1) is 0 Å². The molecule has 8 aromatic rings. The van der Waals surface area contributed by atoms with Crippen LogP contribution in [0.25, 0.3) is 55.0 Å². The average Bonchev–Trinajstić information content (AvgIpc) is 3.68. The zero-order chi connectivity index (χ0) is 32.4. The van der Waals surface area contributed by atoms with Crippen molar-refractivity contribution in [1.82, 2.24) is 0 Å². The number of hydrogen-bond acceptors (Lipinski definition) is 2. The predicted octanol–water partition coefficient (Wildman–Crippen LogP) is 12.8. The Hall–Kier alpha value is -5.60. The van der Waals surface area contributed by atoms with Gasteiger partial charge in [0.25, 0.3) is 0 Å². The fourth-order valence-electron chi connectivity index (χ4n) is 8.97. The van der Waals surface area contributed by atoms with Gasteiger partial charge in [0, 0.05) is 32.7 Å². The highest BCUT2D eigenvalue weighted by molar-refractivity contribution is 6.23. The van der Waals surface area contributed by atoms with Crippen LogP contribution in [0.2, 0.25) is 0 Å². The van der Waals surface area contributed by atoms with E-state index in [1.165, 1.54) is 61.3 Å². The quantitative estimate of drug-likeness (QED) is 0.196. The average molecular weight is 618 g/mol. The van der Waals surface area contributed by atoms with E-state index < -0.39 is 0 Å². The molecule has 0 atom stereocenters. The van der Waals surface area contributed by atoms with Crippen LogP contribution in [0.15, 0.2) is 144 Å². The second-order valence-electron chi connectivity index (χ2n) is 14.5. The van der Waals surface area contributed by atoms with Crippen LogP contribution >= 0.6 is 0 Å². The standard InChI is InChI=1S/C46H35NO/c1-45(2)33-20-10-7-17-30(33)41-35(45)22-13-24-37(41)47(38-25-14-23-36-42(38)31-18-8-11-21-34(31)46(36,3)4)44-29-16-6-5-15-28(29)27-40-43(44)32-19-9-12-26-39(32)48-40/h5-27H,1-4H3. The zero-order valence-electron chi connectivity index (χ0n) is 27.6. The Labute approximate surface area is 280 Å². The summed E-state index contributed by atoms with van der Waals surface area (Å²) in [6.45, 7) is 9.46. The second kappa shape index (κ2) is 9.49. The maximum absolute atomic E-state index is 6.66. The van der Waals surface area contributed by atoms with Gasteiger partial charge < -0.3 is 9.32 Å². The molecular weight excluding hydrogens is 583 g/mol. The number of fused-ring (bicyclic) bond motifs is 10. The Kier molecular flexibility index (Phi) is 5.44. The van der Waals surface area contributed by atoms with Crippen molar-refractivity contribution in [3.05, 3.63) is 162 Å². The minimum atomic E-state index is -0.128. The molecular formula is C46H35NO. The number of benzene rings is 7. The number of nitrogens with zero attached hydrogens (tertiary/aromatic N) is 1. The molecule has 0 bridgehead atoms. The number of hydrogen-bond donors (Lipinski definition) is 0. The van der Waals surface area contributed by atoms with E-state index in [0.717, 1.165) is 33.0 Å². The van der Waals surface area contributed by atoms with Crippen molar-refractivity contribution in [3.8, 4) is 22.3 Å². The Balaban J connectivity index is 1.42. The smallest absolute Gasteiger partial charge is 0.138 e. The lowest BCUT2D eigenvalue weighted by atomic mass is 9.82. The number of para-hydroxylation sites is 1. The van der Waals surface area contributed by atoms with Gasteiger partial charge in [0.05, 0.1) is 22.4 Å².